The number of nitrogens with zero attached hydrogens (tertiary/aromatic N) is 2. The van der Waals surface area contributed by atoms with Crippen molar-refractivity contribution in [2.45, 2.75) is 19.1 Å². The van der Waals surface area contributed by atoms with Gasteiger partial charge in [0.05, 0.1) is 16.8 Å². The van der Waals surface area contributed by atoms with Crippen LogP contribution in [0.25, 0.3) is 0 Å². The van der Waals surface area contributed by atoms with Crippen LogP contribution in [0.5, 0.6) is 0 Å². The Morgan fingerprint density at radius 2 is 2.33 bits per heavy atom. The van der Waals surface area contributed by atoms with Crippen LogP contribution in [0, 0.1) is 0 Å². The molecule has 1 rings (SSSR count). The van der Waals surface area contributed by atoms with E-state index in [0.29, 0.717) is 19.6 Å². The van der Waals surface area contributed by atoms with E-state index in [2.05, 4.69) is 10.3 Å². The summed E-state index contributed by atoms with van der Waals surface area (Å²) >= 11 is 1.59. The lowest BCUT2D eigenvalue weighted by molar-refractivity contribution is 0.0335. The van der Waals surface area contributed by atoms with Gasteiger partial charge >= 0.3 is 0 Å². The van der Waals surface area contributed by atoms with Crippen LogP contribution in [0.1, 0.15) is 12.6 Å². The van der Waals surface area contributed by atoms with Gasteiger partial charge in [0, 0.05) is 25.0 Å². The van der Waals surface area contributed by atoms with Crippen molar-refractivity contribution < 1.29 is 5.11 Å². The maximum atomic E-state index is 9.99. The fourth-order valence-electron chi connectivity index (χ4n) is 1.52. The van der Waals surface area contributed by atoms with Crippen molar-refractivity contribution >= 4 is 11.3 Å². The molecular weight excluding hydrogens is 210 g/mol. The third kappa shape index (κ3) is 5.22. The summed E-state index contributed by atoms with van der Waals surface area (Å²) in [6.07, 6.45) is 0. The van der Waals surface area contributed by atoms with E-state index in [1.165, 1.54) is 0 Å². The smallest absolute Gasteiger partial charge is 0.0869 e. The molecule has 1 atom stereocenters. The van der Waals surface area contributed by atoms with Crippen molar-refractivity contribution in [2.75, 3.05) is 27.2 Å². The molecule has 0 amide bonds. The number of hydrogen-bond donors (Lipinski definition) is 2. The van der Waals surface area contributed by atoms with E-state index < -0.39 is 5.60 Å². The summed E-state index contributed by atoms with van der Waals surface area (Å²) in [7, 11) is 3.91. The second-order valence-corrected chi connectivity index (χ2v) is 5.04. The maximum absolute atomic E-state index is 9.99. The van der Waals surface area contributed by atoms with Crippen LogP contribution in [0.15, 0.2) is 10.9 Å². The molecule has 1 unspecified atom stereocenters. The van der Waals surface area contributed by atoms with Gasteiger partial charge in [-0.2, -0.15) is 0 Å². The molecular formula is C10H19N3OS. The van der Waals surface area contributed by atoms with Crippen molar-refractivity contribution in [3.63, 3.8) is 0 Å². The lowest BCUT2D eigenvalue weighted by Crippen LogP contribution is -2.45. The van der Waals surface area contributed by atoms with E-state index in [1.54, 1.807) is 11.3 Å². The fourth-order valence-corrected chi connectivity index (χ4v) is 2.08. The first kappa shape index (κ1) is 12.6. The Morgan fingerprint density at radius 3 is 2.87 bits per heavy atom. The standard InChI is InChI=1S/C10H19N3OS/c1-10(14,7-13(2)3)6-11-4-9-5-15-8-12-9/h5,8,11,14H,4,6-7H2,1-3H3. The van der Waals surface area contributed by atoms with Gasteiger partial charge in [0.15, 0.2) is 0 Å². The second-order valence-electron chi connectivity index (χ2n) is 4.32. The normalized spacial score (nSPS) is 15.5. The quantitative estimate of drug-likeness (QED) is 0.748. The van der Waals surface area contributed by atoms with Gasteiger partial charge in [-0.3, -0.25) is 0 Å². The molecule has 0 fully saturated rings. The van der Waals surface area contributed by atoms with Gasteiger partial charge in [0.2, 0.25) is 0 Å². The van der Waals surface area contributed by atoms with Crippen LogP contribution in [-0.4, -0.2) is 47.8 Å². The van der Waals surface area contributed by atoms with Crippen LogP contribution >= 0.6 is 11.3 Å². The Bertz CT molecular complexity index is 272. The summed E-state index contributed by atoms with van der Waals surface area (Å²) in [5, 5.41) is 15.2. The predicted molar refractivity (Wildman–Crippen MR) is 63.0 cm³/mol. The number of likely N-dealkylation sites (N-methyl/N-ethyl adjacent to an activating group) is 1. The molecule has 4 nitrogen and oxygen atoms in total. The predicted octanol–water partition coefficient (Wildman–Crippen LogP) is 0.545. The van der Waals surface area contributed by atoms with Crippen LogP contribution in [0.4, 0.5) is 0 Å². The Morgan fingerprint density at radius 1 is 1.60 bits per heavy atom. The van der Waals surface area contributed by atoms with Crippen molar-refractivity contribution in [3.05, 3.63) is 16.6 Å². The Kier molecular flexibility index (Phi) is 4.66. The minimum absolute atomic E-state index is 0.572. The molecule has 0 aliphatic heterocycles. The van der Waals surface area contributed by atoms with Crippen LogP contribution in [0.3, 0.4) is 0 Å². The zero-order chi connectivity index (χ0) is 11.3. The molecule has 0 aromatic carbocycles. The highest BCUT2D eigenvalue weighted by Crippen LogP contribution is 2.04. The highest BCUT2D eigenvalue weighted by atomic mass is 32.1. The van der Waals surface area contributed by atoms with Crippen molar-refractivity contribution in [2.24, 2.45) is 0 Å². The van der Waals surface area contributed by atoms with Crippen molar-refractivity contribution in [3.8, 4) is 0 Å². The number of thiazole rings is 1. The summed E-state index contributed by atoms with van der Waals surface area (Å²) in [5.41, 5.74) is 2.15. The highest BCUT2D eigenvalue weighted by Gasteiger charge is 2.20. The molecule has 1 aromatic rings. The van der Waals surface area contributed by atoms with Gasteiger partial charge in [-0.05, 0) is 21.0 Å². The molecule has 0 spiro atoms. The van der Waals surface area contributed by atoms with Crippen molar-refractivity contribution in [1.82, 2.24) is 15.2 Å². The molecule has 2 N–H and O–H groups in total. The molecule has 1 aromatic heterocycles. The first-order valence-electron chi connectivity index (χ1n) is 4.94. The van der Waals surface area contributed by atoms with E-state index >= 15 is 0 Å². The molecule has 86 valence electrons. The molecule has 0 saturated carbocycles. The topological polar surface area (TPSA) is 48.4 Å². The lowest BCUT2D eigenvalue weighted by atomic mass is 10.1. The van der Waals surface area contributed by atoms with Gasteiger partial charge in [-0.15, -0.1) is 11.3 Å². The van der Waals surface area contributed by atoms with Gasteiger partial charge in [-0.1, -0.05) is 0 Å². The summed E-state index contributed by atoms with van der Waals surface area (Å²) in [6.45, 7) is 3.77. The lowest BCUT2D eigenvalue weighted by Gasteiger charge is -2.27. The van der Waals surface area contributed by atoms with E-state index in [0.717, 1.165) is 5.69 Å². The van der Waals surface area contributed by atoms with Crippen LogP contribution in [-0.2, 0) is 6.54 Å². The SMILES string of the molecule is CN(C)CC(C)(O)CNCc1cscn1. The van der Waals surface area contributed by atoms with Gasteiger partial charge in [-0.25, -0.2) is 4.98 Å². The molecule has 5 heteroatoms. The molecule has 0 aliphatic rings. The third-order valence-corrected chi connectivity index (χ3v) is 2.59. The number of hydrogen-bond acceptors (Lipinski definition) is 5. The van der Waals surface area contributed by atoms with Gasteiger partial charge < -0.3 is 15.3 Å². The fraction of sp³-hybridized carbons (Fsp3) is 0.700. The number of nitrogens with one attached hydrogen (secondary N) is 1. The van der Waals surface area contributed by atoms with E-state index in [-0.39, 0.29) is 0 Å². The largest absolute Gasteiger partial charge is 0.388 e. The number of aromatic nitrogens is 1. The average Bonchev–Trinajstić information content (AvgIpc) is 2.53. The summed E-state index contributed by atoms with van der Waals surface area (Å²) < 4.78 is 0. The van der Waals surface area contributed by atoms with Gasteiger partial charge in [0.1, 0.15) is 0 Å². The minimum Gasteiger partial charge on any atom is -0.388 e. The second kappa shape index (κ2) is 5.55. The molecule has 1 heterocycles. The molecule has 0 radical (unpaired) electrons. The first-order chi connectivity index (χ1) is 6.99. The first-order valence-corrected chi connectivity index (χ1v) is 5.89. The third-order valence-electron chi connectivity index (χ3n) is 1.95. The monoisotopic (exact) mass is 229 g/mol. The molecule has 0 bridgehead atoms. The van der Waals surface area contributed by atoms with Crippen molar-refractivity contribution in [1.29, 1.82) is 0 Å². The molecule has 0 aliphatic carbocycles. The zero-order valence-electron chi connectivity index (χ0n) is 9.53. The minimum atomic E-state index is -0.695. The Labute approximate surface area is 94.9 Å². The number of rotatable bonds is 6. The summed E-state index contributed by atoms with van der Waals surface area (Å²) in [5.74, 6) is 0. The van der Waals surface area contributed by atoms with E-state index in [4.69, 9.17) is 0 Å². The van der Waals surface area contributed by atoms with Crippen LogP contribution < -0.4 is 5.32 Å². The Balaban J connectivity index is 2.24. The average molecular weight is 229 g/mol. The zero-order valence-corrected chi connectivity index (χ0v) is 10.3. The molecule has 0 saturated heterocycles. The van der Waals surface area contributed by atoms with E-state index in [1.807, 2.05) is 36.8 Å². The van der Waals surface area contributed by atoms with E-state index in [9.17, 15) is 5.11 Å². The highest BCUT2D eigenvalue weighted by molar-refractivity contribution is 7.07. The van der Waals surface area contributed by atoms with Gasteiger partial charge in [0.25, 0.3) is 0 Å². The molecule has 15 heavy (non-hydrogen) atoms. The summed E-state index contributed by atoms with van der Waals surface area (Å²) in [4.78, 5) is 6.14. The Hall–Kier alpha value is -0.490. The maximum Gasteiger partial charge on any atom is 0.0869 e. The number of aliphatic hydroxyl groups is 1. The van der Waals surface area contributed by atoms with Crippen LogP contribution in [0.2, 0.25) is 0 Å². The summed E-state index contributed by atoms with van der Waals surface area (Å²) in [6, 6.07) is 0.